The van der Waals surface area contributed by atoms with Crippen LogP contribution in [0.5, 0.6) is 0 Å². The minimum atomic E-state index is 0.0700. The molecule has 28 heavy (non-hydrogen) atoms. The molecule has 0 amide bonds. The van der Waals surface area contributed by atoms with Gasteiger partial charge in [0.15, 0.2) is 5.78 Å². The zero-order valence-corrected chi connectivity index (χ0v) is 15.5. The van der Waals surface area contributed by atoms with Crippen molar-refractivity contribution in [3.8, 4) is 0 Å². The van der Waals surface area contributed by atoms with Crippen LogP contribution in [0.4, 0.5) is 0 Å². The van der Waals surface area contributed by atoms with Gasteiger partial charge in [-0.3, -0.25) is 19.7 Å². The number of nitrogens with zero attached hydrogens (tertiary/aromatic N) is 3. The summed E-state index contributed by atoms with van der Waals surface area (Å²) in [4.78, 5) is 24.1. The summed E-state index contributed by atoms with van der Waals surface area (Å²) in [6.45, 7) is 1.99. The van der Waals surface area contributed by atoms with Crippen molar-refractivity contribution in [2.45, 2.75) is 6.54 Å². The first kappa shape index (κ1) is 18.0. The number of carbonyl (C=O) groups excluding carboxylic acids is 1. The molecule has 0 unspecified atom stereocenters. The Morgan fingerprint density at radius 3 is 1.79 bits per heavy atom. The Morgan fingerprint density at radius 1 is 0.750 bits per heavy atom. The third-order valence-corrected chi connectivity index (χ3v) is 4.64. The summed E-state index contributed by atoms with van der Waals surface area (Å²) < 4.78 is 0. The first-order valence-electron chi connectivity index (χ1n) is 9.32. The Bertz CT molecular complexity index is 934. The highest BCUT2D eigenvalue weighted by Gasteiger charge is 2.26. The van der Waals surface area contributed by atoms with Gasteiger partial charge in [0.1, 0.15) is 0 Å². The van der Waals surface area contributed by atoms with Crippen LogP contribution in [0.25, 0.3) is 12.2 Å². The Labute approximate surface area is 164 Å². The summed E-state index contributed by atoms with van der Waals surface area (Å²) in [6.07, 6.45) is 7.27. The zero-order valence-electron chi connectivity index (χ0n) is 15.5. The van der Waals surface area contributed by atoms with Gasteiger partial charge in [-0.15, -0.1) is 0 Å². The van der Waals surface area contributed by atoms with E-state index in [9.17, 15) is 4.79 Å². The van der Waals surface area contributed by atoms with Crippen molar-refractivity contribution in [1.82, 2.24) is 14.9 Å². The Morgan fingerprint density at radius 2 is 1.29 bits per heavy atom. The van der Waals surface area contributed by atoms with E-state index in [0.717, 1.165) is 29.1 Å². The standard InChI is InChI=1S/C24H21N3O/c28-24-20(14-22-10-4-6-12-25-22)17-27(16-19-8-2-1-3-9-19)18-21(24)15-23-11-5-7-13-26-23/h1-15H,16-18H2. The second-order valence-corrected chi connectivity index (χ2v) is 6.81. The van der Waals surface area contributed by atoms with E-state index in [0.29, 0.717) is 13.1 Å². The lowest BCUT2D eigenvalue weighted by molar-refractivity contribution is -0.113. The molecule has 1 aliphatic rings. The van der Waals surface area contributed by atoms with Crippen LogP contribution in [-0.2, 0) is 11.3 Å². The fraction of sp³-hybridized carbons (Fsp3) is 0.125. The Hall–Kier alpha value is -3.37. The average Bonchev–Trinajstić information content (AvgIpc) is 2.74. The lowest BCUT2D eigenvalue weighted by Crippen LogP contribution is -2.37. The zero-order chi connectivity index (χ0) is 19.2. The molecule has 1 aromatic carbocycles. The maximum atomic E-state index is 13.1. The minimum Gasteiger partial charge on any atom is -0.290 e. The van der Waals surface area contributed by atoms with Crippen LogP contribution < -0.4 is 0 Å². The molecule has 0 bridgehead atoms. The molecular weight excluding hydrogens is 346 g/mol. The number of hydrogen-bond acceptors (Lipinski definition) is 4. The summed E-state index contributed by atoms with van der Waals surface area (Å²) in [5.41, 5.74) is 4.33. The number of hydrogen-bond donors (Lipinski definition) is 0. The lowest BCUT2D eigenvalue weighted by Gasteiger charge is -2.29. The molecular formula is C24H21N3O. The number of benzene rings is 1. The van der Waals surface area contributed by atoms with Crippen molar-refractivity contribution in [3.05, 3.63) is 107 Å². The van der Waals surface area contributed by atoms with Gasteiger partial charge in [-0.2, -0.15) is 0 Å². The van der Waals surface area contributed by atoms with Crippen LogP contribution in [0.2, 0.25) is 0 Å². The van der Waals surface area contributed by atoms with Gasteiger partial charge in [-0.05, 0) is 42.0 Å². The van der Waals surface area contributed by atoms with Crippen molar-refractivity contribution in [2.75, 3.05) is 13.1 Å². The number of carbonyl (C=O) groups is 1. The average molecular weight is 367 g/mol. The second kappa shape index (κ2) is 8.55. The topological polar surface area (TPSA) is 46.1 Å². The molecule has 0 spiro atoms. The normalized spacial score (nSPS) is 17.9. The quantitative estimate of drug-likeness (QED) is 0.653. The first-order chi connectivity index (χ1) is 13.8. The highest BCUT2D eigenvalue weighted by Crippen LogP contribution is 2.22. The number of pyridine rings is 2. The van der Waals surface area contributed by atoms with Gasteiger partial charge < -0.3 is 0 Å². The third kappa shape index (κ3) is 4.48. The molecule has 1 saturated heterocycles. The van der Waals surface area contributed by atoms with E-state index < -0.39 is 0 Å². The molecule has 138 valence electrons. The van der Waals surface area contributed by atoms with Gasteiger partial charge in [0.05, 0.1) is 11.4 Å². The van der Waals surface area contributed by atoms with Gasteiger partial charge in [0.25, 0.3) is 0 Å². The van der Waals surface area contributed by atoms with E-state index in [2.05, 4.69) is 27.0 Å². The SMILES string of the molecule is O=C1C(=Cc2ccccn2)CN(Cc2ccccc2)CC1=Cc1ccccn1. The number of ketones is 1. The van der Waals surface area contributed by atoms with Crippen molar-refractivity contribution < 1.29 is 4.79 Å². The monoisotopic (exact) mass is 367 g/mol. The summed E-state index contributed by atoms with van der Waals surface area (Å²) in [5, 5.41) is 0. The van der Waals surface area contributed by atoms with Gasteiger partial charge in [0, 0.05) is 43.2 Å². The van der Waals surface area contributed by atoms with Gasteiger partial charge in [-0.1, -0.05) is 42.5 Å². The Balaban J connectivity index is 1.66. The molecule has 4 rings (SSSR count). The summed E-state index contributed by atoms with van der Waals surface area (Å²) in [6, 6.07) is 21.8. The van der Waals surface area contributed by atoms with Crippen LogP contribution in [0.15, 0.2) is 90.3 Å². The van der Waals surface area contributed by atoms with Gasteiger partial charge in [0.2, 0.25) is 0 Å². The van der Waals surface area contributed by atoms with Crippen molar-refractivity contribution in [1.29, 1.82) is 0 Å². The number of aromatic nitrogens is 2. The fourth-order valence-electron chi connectivity index (χ4n) is 3.34. The molecule has 0 radical (unpaired) electrons. The molecule has 1 fully saturated rings. The van der Waals surface area contributed by atoms with Crippen LogP contribution in [0, 0.1) is 0 Å². The molecule has 0 atom stereocenters. The van der Waals surface area contributed by atoms with E-state index in [1.54, 1.807) is 12.4 Å². The number of piperidine rings is 1. The third-order valence-electron chi connectivity index (χ3n) is 4.64. The van der Waals surface area contributed by atoms with Gasteiger partial charge >= 0.3 is 0 Å². The highest BCUT2D eigenvalue weighted by molar-refractivity contribution is 6.14. The lowest BCUT2D eigenvalue weighted by atomic mass is 9.95. The van der Waals surface area contributed by atoms with Crippen LogP contribution in [-0.4, -0.2) is 33.7 Å². The molecule has 4 nitrogen and oxygen atoms in total. The van der Waals surface area contributed by atoms with Crippen molar-refractivity contribution >= 4 is 17.9 Å². The molecule has 4 heteroatoms. The molecule has 2 aromatic heterocycles. The van der Waals surface area contributed by atoms with Crippen LogP contribution in [0.1, 0.15) is 17.0 Å². The molecule has 0 N–H and O–H groups in total. The number of rotatable bonds is 4. The summed E-state index contributed by atoms with van der Waals surface area (Å²) in [7, 11) is 0. The maximum Gasteiger partial charge on any atom is 0.187 e. The van der Waals surface area contributed by atoms with E-state index >= 15 is 0 Å². The molecule has 3 heterocycles. The maximum absolute atomic E-state index is 13.1. The van der Waals surface area contributed by atoms with Crippen molar-refractivity contribution in [2.24, 2.45) is 0 Å². The van der Waals surface area contributed by atoms with E-state index in [-0.39, 0.29) is 5.78 Å². The van der Waals surface area contributed by atoms with Crippen molar-refractivity contribution in [3.63, 3.8) is 0 Å². The number of Topliss-reactive ketones (excluding diaryl/α,β-unsaturated/α-hetero) is 1. The van der Waals surface area contributed by atoms with Gasteiger partial charge in [-0.25, -0.2) is 0 Å². The minimum absolute atomic E-state index is 0.0700. The van der Waals surface area contributed by atoms with Crippen LogP contribution in [0.3, 0.4) is 0 Å². The van der Waals surface area contributed by atoms with E-state index in [1.807, 2.05) is 66.7 Å². The second-order valence-electron chi connectivity index (χ2n) is 6.81. The molecule has 1 aliphatic heterocycles. The summed E-state index contributed by atoms with van der Waals surface area (Å²) in [5.74, 6) is 0.0700. The van der Waals surface area contributed by atoms with Crippen LogP contribution >= 0.6 is 0 Å². The molecule has 0 aliphatic carbocycles. The summed E-state index contributed by atoms with van der Waals surface area (Å²) >= 11 is 0. The molecule has 3 aromatic rings. The predicted octanol–water partition coefficient (Wildman–Crippen LogP) is 4.03. The fourth-order valence-corrected chi connectivity index (χ4v) is 3.34. The molecule has 0 saturated carbocycles. The first-order valence-corrected chi connectivity index (χ1v) is 9.32. The highest BCUT2D eigenvalue weighted by atomic mass is 16.1. The van der Waals surface area contributed by atoms with E-state index in [1.165, 1.54) is 5.56 Å². The smallest absolute Gasteiger partial charge is 0.187 e. The Kier molecular flexibility index (Phi) is 5.50. The van der Waals surface area contributed by atoms with E-state index in [4.69, 9.17) is 0 Å². The largest absolute Gasteiger partial charge is 0.290 e. The number of likely N-dealkylation sites (tertiary alicyclic amines) is 1. The predicted molar refractivity (Wildman–Crippen MR) is 111 cm³/mol.